The van der Waals surface area contributed by atoms with Gasteiger partial charge in [0.1, 0.15) is 22.6 Å². The molecule has 8 aliphatic heterocycles. The molecule has 630 valence electrons. The zero-order valence-electron chi connectivity index (χ0n) is 70.1. The molecular weight excluding hydrogens is 1610 g/mol. The first-order chi connectivity index (χ1) is 60.6. The Balaban J connectivity index is 0.000000112. The highest BCUT2D eigenvalue weighted by molar-refractivity contribution is 6.32. The first kappa shape index (κ1) is 84.2. The highest BCUT2D eigenvalue weighted by Crippen LogP contribution is 2.40. The molecule has 4 saturated heterocycles. The number of halogens is 3. The number of rotatable bonds is 13. The molecule has 1 amide bonds. The largest absolute Gasteiger partial charge is 0.366 e. The molecule has 0 spiro atoms. The normalized spacial score (nSPS) is 17.7. The number of nitrogens with zero attached hydrogens (tertiary/aromatic N) is 16. The average molecular weight is 1710 g/mol. The summed E-state index contributed by atoms with van der Waals surface area (Å²) in [4.78, 5) is 62.8. The summed E-state index contributed by atoms with van der Waals surface area (Å²) >= 11 is 18.0. The number of hydrogen-bond acceptors (Lipinski definition) is 19. The van der Waals surface area contributed by atoms with Crippen molar-refractivity contribution in [2.45, 2.75) is 174 Å². The smallest absolute Gasteiger partial charge is 0.249 e. The quantitative estimate of drug-likeness (QED) is 0.0462. The molecule has 0 radical (unpaired) electrons. The second-order valence-electron chi connectivity index (χ2n) is 33.2. The van der Waals surface area contributed by atoms with E-state index in [1.54, 1.807) is 6.07 Å². The number of H-pyrrole nitrogens is 1. The molecule has 0 saturated carbocycles. The Hall–Kier alpha value is -12.0. The van der Waals surface area contributed by atoms with E-state index in [4.69, 9.17) is 71.5 Å². The predicted molar refractivity (Wildman–Crippen MR) is 491 cm³/mol. The maximum atomic E-state index is 12.0. The fourth-order valence-corrected chi connectivity index (χ4v) is 19.6. The fourth-order valence-electron chi connectivity index (χ4n) is 18.9. The molecule has 7 aromatic heterocycles. The van der Waals surface area contributed by atoms with Crippen molar-refractivity contribution in [3.05, 3.63) is 311 Å². The highest BCUT2D eigenvalue weighted by atomic mass is 35.5. The molecule has 26 heteroatoms. The Bertz CT molecular complexity index is 6270. The van der Waals surface area contributed by atoms with Gasteiger partial charge in [0.25, 0.3) is 0 Å². The number of carbonyl (C=O) groups excluding carboxylic acids is 1. The molecule has 7 aromatic carbocycles. The monoisotopic (exact) mass is 1710 g/mol. The van der Waals surface area contributed by atoms with Crippen LogP contribution in [0.25, 0.3) is 44.6 Å². The summed E-state index contributed by atoms with van der Waals surface area (Å²) in [5.74, 6) is 3.58. The van der Waals surface area contributed by atoms with E-state index in [0.717, 1.165) is 179 Å². The Morgan fingerprint density at radius 2 is 0.815 bits per heavy atom. The molecule has 0 aliphatic carbocycles. The lowest BCUT2D eigenvalue weighted by Crippen LogP contribution is -2.36. The molecule has 15 heterocycles. The lowest BCUT2D eigenvalue weighted by atomic mass is 9.99. The summed E-state index contributed by atoms with van der Waals surface area (Å²) < 4.78 is 4.13. The SMILES string of the molecule is Cc1cc2c(C#N)cccc2[nH]1.Cc1cc2c(C#N)cccc2n1-c1nc2c(c(NCc3ccccc3)n1)CN1CCCC1C2.Cc1cc2c(C(N)=O)cccc2n1-c1nc2c(c(NCc3ccccc3)n1)CN1CCCC1C2.Clc1nc(Cl)c2c(n1)CC1CCCN1C2.Clc1nc2c(c(NCc3ccccc3)n1)CN1CCCC1C2.NCc1ccccc1. The van der Waals surface area contributed by atoms with Crippen LogP contribution in [0, 0.1) is 43.4 Å². The molecule has 4 unspecified atom stereocenters. The van der Waals surface area contributed by atoms with Gasteiger partial charge < -0.3 is 32.4 Å². The van der Waals surface area contributed by atoms with Gasteiger partial charge in [-0.3, -0.25) is 33.5 Å². The number of aromatic amines is 1. The maximum absolute atomic E-state index is 12.0. The van der Waals surface area contributed by atoms with Crippen molar-refractivity contribution in [3.8, 4) is 24.0 Å². The Labute approximate surface area is 737 Å². The zero-order valence-corrected chi connectivity index (χ0v) is 72.4. The molecule has 4 atom stereocenters. The molecule has 23 nitrogen and oxygen atoms in total. The minimum Gasteiger partial charge on any atom is -0.366 e. The van der Waals surface area contributed by atoms with Crippen molar-refractivity contribution < 1.29 is 4.79 Å². The number of hydrogen-bond donors (Lipinski definition) is 6. The molecule has 4 fully saturated rings. The van der Waals surface area contributed by atoms with Crippen LogP contribution in [0.2, 0.25) is 15.7 Å². The summed E-state index contributed by atoms with van der Waals surface area (Å²) in [5, 5.41) is 32.9. The molecule has 8 aliphatic rings. The summed E-state index contributed by atoms with van der Waals surface area (Å²) in [6, 6.07) is 71.2. The van der Waals surface area contributed by atoms with Crippen LogP contribution in [-0.2, 0) is 78.0 Å². The molecule has 0 bridgehead atoms. The van der Waals surface area contributed by atoms with Gasteiger partial charge in [-0.05, 0) is 198 Å². The van der Waals surface area contributed by atoms with Crippen molar-refractivity contribution in [2.75, 3.05) is 42.1 Å². The van der Waals surface area contributed by atoms with Crippen LogP contribution < -0.4 is 27.4 Å². The van der Waals surface area contributed by atoms with Gasteiger partial charge in [0.15, 0.2) is 0 Å². The van der Waals surface area contributed by atoms with Gasteiger partial charge in [0.05, 0.1) is 57.1 Å². The third-order valence-corrected chi connectivity index (χ3v) is 25.8. The number of carbonyl (C=O) groups is 1. The second kappa shape index (κ2) is 38.4. The van der Waals surface area contributed by atoms with Crippen molar-refractivity contribution >= 4 is 90.9 Å². The van der Waals surface area contributed by atoms with Crippen LogP contribution >= 0.6 is 34.8 Å². The van der Waals surface area contributed by atoms with Gasteiger partial charge in [0.2, 0.25) is 28.4 Å². The Morgan fingerprint density at radius 3 is 1.25 bits per heavy atom. The summed E-state index contributed by atoms with van der Waals surface area (Å²) in [5.41, 5.74) is 32.9. The van der Waals surface area contributed by atoms with Gasteiger partial charge in [-0.15, -0.1) is 0 Å². The van der Waals surface area contributed by atoms with E-state index in [2.05, 4.69) is 151 Å². The van der Waals surface area contributed by atoms with E-state index in [-0.39, 0.29) is 5.28 Å². The highest BCUT2D eigenvalue weighted by Gasteiger charge is 2.38. The van der Waals surface area contributed by atoms with Crippen molar-refractivity contribution in [2.24, 2.45) is 11.5 Å². The van der Waals surface area contributed by atoms with Gasteiger partial charge in [0, 0.05) is 169 Å². The molecule has 124 heavy (non-hydrogen) atoms. The lowest BCUT2D eigenvalue weighted by molar-refractivity contribution is 0.100. The van der Waals surface area contributed by atoms with Crippen LogP contribution in [0.3, 0.4) is 0 Å². The average Bonchev–Trinajstić information content (AvgIpc) is 1.59. The minimum atomic E-state index is -0.430. The Morgan fingerprint density at radius 1 is 0.435 bits per heavy atom. The number of nitrogens with one attached hydrogen (secondary N) is 4. The number of amides is 1. The third kappa shape index (κ3) is 18.9. The van der Waals surface area contributed by atoms with Crippen LogP contribution in [0.15, 0.2) is 194 Å². The van der Waals surface area contributed by atoms with Gasteiger partial charge in [-0.25, -0.2) is 29.9 Å². The van der Waals surface area contributed by atoms with Crippen molar-refractivity contribution in [3.63, 3.8) is 0 Å². The van der Waals surface area contributed by atoms with Crippen LogP contribution in [0.1, 0.15) is 157 Å². The van der Waals surface area contributed by atoms with Gasteiger partial charge >= 0.3 is 0 Å². The molecule has 8 N–H and O–H groups in total. The Kier molecular flexibility index (Phi) is 26.1. The minimum absolute atomic E-state index is 0.269. The lowest BCUT2D eigenvalue weighted by Gasteiger charge is -2.32. The summed E-state index contributed by atoms with van der Waals surface area (Å²) in [6.45, 7) is 17.1. The zero-order chi connectivity index (χ0) is 85.3. The summed E-state index contributed by atoms with van der Waals surface area (Å²) in [6.07, 6.45) is 13.9. The number of primary amides is 1. The number of fused-ring (bicyclic) bond motifs is 11. The number of anilines is 3. The number of benzene rings is 7. The van der Waals surface area contributed by atoms with E-state index in [0.29, 0.717) is 70.7 Å². The third-order valence-electron chi connectivity index (χ3n) is 25.2. The number of aromatic nitrogens is 11. The van der Waals surface area contributed by atoms with Crippen molar-refractivity contribution in [1.29, 1.82) is 10.5 Å². The first-order valence-corrected chi connectivity index (χ1v) is 44.2. The van der Waals surface area contributed by atoms with Crippen molar-refractivity contribution in [1.82, 2.24) is 73.6 Å². The van der Waals surface area contributed by atoms with Crippen LogP contribution in [0.5, 0.6) is 0 Å². The first-order valence-electron chi connectivity index (χ1n) is 43.1. The van der Waals surface area contributed by atoms with Gasteiger partial charge in [-0.1, -0.05) is 151 Å². The van der Waals surface area contributed by atoms with E-state index >= 15 is 0 Å². The van der Waals surface area contributed by atoms with E-state index < -0.39 is 5.91 Å². The molecule has 14 aromatic rings. The van der Waals surface area contributed by atoms with Crippen LogP contribution in [0.4, 0.5) is 17.5 Å². The number of nitrogens with two attached hydrogens (primary N) is 2. The van der Waals surface area contributed by atoms with E-state index in [9.17, 15) is 10.1 Å². The van der Waals surface area contributed by atoms with Gasteiger partial charge in [-0.2, -0.15) is 20.5 Å². The molecule has 22 rings (SSSR count). The number of nitriles is 2. The van der Waals surface area contributed by atoms with E-state index in [1.807, 2.05) is 140 Å². The summed E-state index contributed by atoms with van der Waals surface area (Å²) in [7, 11) is 0. The number of aryl methyl sites for hydroxylation is 3. The standard InChI is InChI=1S/C27H28N6O.C27H26N6.C17H19ClN4.C10H11Cl2N3.C10H8N2.C7H9N/c1-17-13-21-20(25(28)34)10-5-11-24(21)33(17)27-30-23-14-19-9-6-12-32(19)16-22(23)26(31-27)29-15-18-7-3-2-4-8-18;1-18-13-22-20(15-28)9-5-11-25(22)33(18)27-30-24-14-21-10-6-12-32(21)17-23(24)26(31-27)29-16-19-7-3-2-4-8-19;18-17-20-15-9-13-7-4-8-22(13)11-14(15)16(21-17)19-10-12-5-2-1-3-6-12;11-9-7-5-15-3-1-2-6(15)4-8(7)13-10(12)14-9;1-7-5-9-8(6-11)3-2-4-10(9)12-7;8-6-7-4-2-1-3-5-7/h2-5,7-8,10-11,13,19H,6,9,12,14-16H2,1H3,(H2,28,34)(H,29,30,31);2-5,7-9,11,13,21H,6,10,12,14,16-17H2,1H3,(H,29,30,31);1-3,5-6,13H,4,7-11H2,(H,19,20,21);6H,1-5H2;2-5,12H,1H3;1-5H,6,8H2. The second-order valence-corrected chi connectivity index (χ2v) is 34.2. The maximum Gasteiger partial charge on any atom is 0.249 e. The molecular formula is C98H101Cl3N22O. The fraction of sp³-hybridized carbons (Fsp3) is 0.316. The predicted octanol–water partition coefficient (Wildman–Crippen LogP) is 17.8. The topological polar surface area (TPSA) is 295 Å². The van der Waals surface area contributed by atoms with E-state index in [1.165, 1.54) is 103 Å². The van der Waals surface area contributed by atoms with Crippen LogP contribution in [-0.4, -0.2) is 130 Å².